The SMILES string of the molecule is NC(=O)CC[C@@H]1NC(=O)[C@@H](Cc2ccccc2)NC(=O)[C@H](Cc2ccc(O)cc2)NC(=O)[C@H](N)CSSC[C@H](C(=O)N2CCC[C@@H]2C(=O)N[C@H](CCCN=C(N)N)C(=O)NCC(N)=O)NC(=O)[C@H](CC(N)=O)NC1=O. The van der Waals surface area contributed by atoms with Crippen LogP contribution in [-0.2, 0) is 65.6 Å². The molecule has 0 bridgehead atoms. The van der Waals surface area contributed by atoms with E-state index in [0.717, 1.165) is 21.6 Å². The number of aromatic hydroxyl groups is 1. The highest BCUT2D eigenvalue weighted by atomic mass is 33.1. The normalized spacial score (nSPS) is 22.6. The van der Waals surface area contributed by atoms with Gasteiger partial charge in [-0.25, -0.2) is 0 Å². The van der Waals surface area contributed by atoms with Gasteiger partial charge in [0.1, 0.15) is 48.0 Å². The van der Waals surface area contributed by atoms with Crippen molar-refractivity contribution in [2.24, 2.45) is 39.4 Å². The number of nitrogens with one attached hydrogen (secondary N) is 7. The lowest BCUT2D eigenvalue weighted by Gasteiger charge is -2.31. The number of phenolic OH excluding ortho intramolecular Hbond substituents is 1. The van der Waals surface area contributed by atoms with E-state index in [4.69, 9.17) is 34.4 Å². The van der Waals surface area contributed by atoms with Gasteiger partial charge in [-0.2, -0.15) is 0 Å². The Balaban J connectivity index is 1.71. The quantitative estimate of drug-likeness (QED) is 0.0270. The van der Waals surface area contributed by atoms with Crippen LogP contribution >= 0.6 is 21.6 Å². The molecule has 75 heavy (non-hydrogen) atoms. The van der Waals surface area contributed by atoms with Gasteiger partial charge < -0.3 is 81.6 Å². The van der Waals surface area contributed by atoms with Crippen LogP contribution in [0.3, 0.4) is 0 Å². The molecule has 2 fully saturated rings. The Morgan fingerprint density at radius 3 is 1.89 bits per heavy atom. The van der Waals surface area contributed by atoms with Crippen molar-refractivity contribution in [3.63, 3.8) is 0 Å². The lowest BCUT2D eigenvalue weighted by molar-refractivity contribution is -0.142. The highest BCUT2D eigenvalue weighted by Crippen LogP contribution is 2.26. The van der Waals surface area contributed by atoms with Gasteiger partial charge in [0.2, 0.25) is 65.0 Å². The van der Waals surface area contributed by atoms with Crippen molar-refractivity contribution in [1.29, 1.82) is 0 Å². The molecule has 2 heterocycles. The number of likely N-dealkylation sites (tertiary alicyclic amines) is 1. The van der Waals surface area contributed by atoms with E-state index in [0.29, 0.717) is 17.5 Å². The van der Waals surface area contributed by atoms with Gasteiger partial charge in [0.15, 0.2) is 5.96 Å². The van der Waals surface area contributed by atoms with E-state index in [1.807, 2.05) is 0 Å². The molecule has 0 aromatic heterocycles. The summed E-state index contributed by atoms with van der Waals surface area (Å²) in [6, 6.07) is 2.80. The molecule has 11 amide bonds. The number of aliphatic imine (C=N–C) groups is 1. The first-order valence-electron chi connectivity index (χ1n) is 23.7. The third-order valence-electron chi connectivity index (χ3n) is 11.6. The molecule has 0 saturated carbocycles. The van der Waals surface area contributed by atoms with Crippen LogP contribution in [0.5, 0.6) is 5.75 Å². The molecule has 408 valence electrons. The first kappa shape index (κ1) is 59.9. The molecule has 0 spiro atoms. The van der Waals surface area contributed by atoms with Crippen LogP contribution < -0.4 is 71.6 Å². The zero-order valence-electron chi connectivity index (χ0n) is 40.8. The molecule has 4 rings (SSSR count). The van der Waals surface area contributed by atoms with E-state index in [1.165, 1.54) is 29.2 Å². The monoisotopic (exact) mass is 1080 g/mol. The summed E-state index contributed by atoms with van der Waals surface area (Å²) in [6.45, 7) is -0.443. The molecule has 2 aliphatic heterocycles. The number of benzene rings is 2. The topological polar surface area (TPSA) is 464 Å². The number of primary amides is 3. The summed E-state index contributed by atoms with van der Waals surface area (Å²) < 4.78 is 0. The maximum Gasteiger partial charge on any atom is 0.246 e. The minimum atomic E-state index is -1.80. The second-order valence-electron chi connectivity index (χ2n) is 17.6. The van der Waals surface area contributed by atoms with Crippen molar-refractivity contribution in [3.8, 4) is 5.75 Å². The van der Waals surface area contributed by atoms with E-state index in [1.54, 1.807) is 30.3 Å². The van der Waals surface area contributed by atoms with Crippen molar-refractivity contribution >= 4 is 92.5 Å². The summed E-state index contributed by atoms with van der Waals surface area (Å²) >= 11 is 0. The van der Waals surface area contributed by atoms with Crippen molar-refractivity contribution in [3.05, 3.63) is 65.7 Å². The molecule has 29 heteroatoms. The summed E-state index contributed by atoms with van der Waals surface area (Å²) in [6.07, 6.45) is -1.38. The van der Waals surface area contributed by atoms with Crippen LogP contribution in [0.25, 0.3) is 0 Å². The molecule has 2 saturated heterocycles. The fourth-order valence-corrected chi connectivity index (χ4v) is 10.1. The van der Waals surface area contributed by atoms with Gasteiger partial charge in [0.05, 0.1) is 19.0 Å². The largest absolute Gasteiger partial charge is 0.508 e. The maximum absolute atomic E-state index is 14.6. The lowest BCUT2D eigenvalue weighted by Crippen LogP contribution is -2.61. The van der Waals surface area contributed by atoms with Gasteiger partial charge in [0.25, 0.3) is 0 Å². The number of amides is 11. The maximum atomic E-state index is 14.6. The van der Waals surface area contributed by atoms with Crippen molar-refractivity contribution in [2.45, 2.75) is 106 Å². The molecule has 27 nitrogen and oxygen atoms in total. The zero-order chi connectivity index (χ0) is 55.2. The van der Waals surface area contributed by atoms with E-state index in [2.05, 4.69) is 42.2 Å². The van der Waals surface area contributed by atoms with Crippen molar-refractivity contribution in [2.75, 3.05) is 31.1 Å². The average molecular weight is 1080 g/mol. The number of phenols is 1. The van der Waals surface area contributed by atoms with Gasteiger partial charge in [-0.3, -0.25) is 57.7 Å². The van der Waals surface area contributed by atoms with Gasteiger partial charge in [-0.15, -0.1) is 0 Å². The molecule has 0 aliphatic carbocycles. The van der Waals surface area contributed by atoms with Crippen molar-refractivity contribution < 1.29 is 57.8 Å². The number of nitrogens with two attached hydrogens (primary N) is 6. The Morgan fingerprint density at radius 1 is 0.707 bits per heavy atom. The molecule has 2 aromatic rings. The number of carbonyl (C=O) groups is 11. The fourth-order valence-electron chi connectivity index (χ4n) is 7.80. The fraction of sp³-hybridized carbons (Fsp3) is 0.478. The van der Waals surface area contributed by atoms with Crippen molar-refractivity contribution in [1.82, 2.24) is 42.1 Å². The summed E-state index contributed by atoms with van der Waals surface area (Å²) in [7, 11) is 1.99. The molecule has 2 aliphatic rings. The number of hydrogen-bond donors (Lipinski definition) is 14. The molecule has 0 radical (unpaired) electrons. The number of guanidine groups is 1. The lowest BCUT2D eigenvalue weighted by atomic mass is 10.0. The second kappa shape index (κ2) is 29.9. The van der Waals surface area contributed by atoms with Gasteiger partial charge in [-0.1, -0.05) is 64.1 Å². The van der Waals surface area contributed by atoms with Crippen LogP contribution in [-0.4, -0.2) is 160 Å². The highest BCUT2D eigenvalue weighted by Gasteiger charge is 2.40. The minimum absolute atomic E-state index is 0.00106. The molecule has 2 aromatic carbocycles. The Labute approximate surface area is 439 Å². The summed E-state index contributed by atoms with van der Waals surface area (Å²) in [5.41, 5.74) is 34.4. The Morgan fingerprint density at radius 2 is 1.28 bits per heavy atom. The van der Waals surface area contributed by atoms with E-state index >= 15 is 0 Å². The molecule has 0 unspecified atom stereocenters. The summed E-state index contributed by atoms with van der Waals surface area (Å²) in [5, 5.41) is 27.6. The molecule has 20 N–H and O–H groups in total. The molecule has 8 atom stereocenters. The zero-order valence-corrected chi connectivity index (χ0v) is 42.5. The number of rotatable bonds is 19. The number of hydrogen-bond acceptors (Lipinski definition) is 16. The van der Waals surface area contributed by atoms with Gasteiger partial charge in [0, 0.05) is 43.9 Å². The average Bonchev–Trinajstić information content (AvgIpc) is 3.86. The Hall–Kier alpha value is -7.66. The standard InChI is InChI=1S/C46H65N15O12S2/c47-27-22-74-75-23-33(45(73)61-17-5-9-34(61)44(72)56-28(8-4-16-53-46(51)52)39(67)54-21-37(50)65)60-43(71)32(20-36(49)64)59-40(68)29(14-15-35(48)63)55-41(69)31(18-24-6-2-1-3-7-24)58-42(70)30(57-38(27)66)19-25-10-12-26(62)13-11-25/h1-3,6-7,10-13,27-34,62H,4-5,8-9,14-23,47H2,(H2,48,63)(H2,49,64)(H2,50,65)(H,54,67)(H,55,69)(H,56,72)(H,57,66)(H,58,70)(H,59,68)(H,60,71)(H4,51,52,53)/t27-,28-,29+,30+,31-,32+,33-,34-/m1/s1. The smallest absolute Gasteiger partial charge is 0.246 e. The summed E-state index contributed by atoms with van der Waals surface area (Å²) in [5.74, 6) is -10.5. The highest BCUT2D eigenvalue weighted by molar-refractivity contribution is 8.76. The van der Waals surface area contributed by atoms with E-state index in [-0.39, 0.29) is 68.4 Å². The van der Waals surface area contributed by atoms with Crippen LogP contribution in [0.2, 0.25) is 0 Å². The van der Waals surface area contributed by atoms with E-state index in [9.17, 15) is 57.8 Å². The van der Waals surface area contributed by atoms with Gasteiger partial charge >= 0.3 is 0 Å². The Bertz CT molecular complexity index is 2420. The first-order chi connectivity index (χ1) is 35.6. The molecular weight excluding hydrogens is 1020 g/mol. The van der Waals surface area contributed by atoms with Crippen LogP contribution in [0.1, 0.15) is 56.1 Å². The predicted octanol–water partition coefficient (Wildman–Crippen LogP) is -5.40. The summed E-state index contributed by atoms with van der Waals surface area (Å²) in [4.78, 5) is 153. The number of nitrogens with zero attached hydrogens (tertiary/aromatic N) is 2. The Kier molecular flexibility index (Phi) is 23.9. The van der Waals surface area contributed by atoms with Crippen LogP contribution in [0, 0.1) is 0 Å². The van der Waals surface area contributed by atoms with Crippen LogP contribution in [0.15, 0.2) is 59.6 Å². The van der Waals surface area contributed by atoms with Gasteiger partial charge in [-0.05, 0) is 55.4 Å². The van der Waals surface area contributed by atoms with E-state index < -0.39 is 139 Å². The minimum Gasteiger partial charge on any atom is -0.508 e. The predicted molar refractivity (Wildman–Crippen MR) is 276 cm³/mol. The van der Waals surface area contributed by atoms with Crippen LogP contribution in [0.4, 0.5) is 0 Å². The third kappa shape index (κ3) is 20.3. The third-order valence-corrected chi connectivity index (χ3v) is 14.1. The second-order valence-corrected chi connectivity index (χ2v) is 20.2. The number of carbonyl (C=O) groups excluding carboxylic acids is 11. The first-order valence-corrected chi connectivity index (χ1v) is 26.2. The molecular formula is C46H65N15O12S2.